The van der Waals surface area contributed by atoms with Crippen molar-refractivity contribution in [3.63, 3.8) is 0 Å². The Bertz CT molecular complexity index is 1260. The minimum atomic E-state index is -2.92. The molecule has 0 saturated carbocycles. The van der Waals surface area contributed by atoms with Crippen molar-refractivity contribution in [2.75, 3.05) is 44.2 Å². The van der Waals surface area contributed by atoms with Gasteiger partial charge in [-0.05, 0) is 46.6 Å². The number of amides is 1. The number of alkyl halides is 3. The Balaban J connectivity index is 1.48. The zero-order valence-electron chi connectivity index (χ0n) is 23.3. The van der Waals surface area contributed by atoms with Gasteiger partial charge in [-0.1, -0.05) is 18.5 Å². The van der Waals surface area contributed by atoms with Crippen molar-refractivity contribution < 1.29 is 27.4 Å². The molecule has 0 aromatic carbocycles. The van der Waals surface area contributed by atoms with Gasteiger partial charge in [0.25, 0.3) is 6.43 Å². The molecule has 0 spiro atoms. The van der Waals surface area contributed by atoms with Crippen molar-refractivity contribution in [3.05, 3.63) is 16.9 Å². The van der Waals surface area contributed by atoms with Gasteiger partial charge in [0.2, 0.25) is 0 Å². The van der Waals surface area contributed by atoms with Gasteiger partial charge in [0.1, 0.15) is 29.4 Å². The predicted octanol–water partition coefficient (Wildman–Crippen LogP) is 5.41. The minimum Gasteiger partial charge on any atom is -0.461 e. The first-order valence-electron chi connectivity index (χ1n) is 13.8. The van der Waals surface area contributed by atoms with Crippen LogP contribution in [0.5, 0.6) is 6.01 Å². The lowest BCUT2D eigenvalue weighted by Gasteiger charge is -2.42. The molecule has 5 rings (SSSR count). The van der Waals surface area contributed by atoms with Crippen LogP contribution in [0.2, 0.25) is 5.15 Å². The summed E-state index contributed by atoms with van der Waals surface area (Å²) in [4.78, 5) is 31.6. The number of hydrogen-bond donors (Lipinski definition) is 0. The van der Waals surface area contributed by atoms with E-state index in [2.05, 4.69) is 19.9 Å². The van der Waals surface area contributed by atoms with Crippen LogP contribution in [0, 0.1) is 0 Å². The zero-order valence-corrected chi connectivity index (χ0v) is 24.1. The minimum absolute atomic E-state index is 0.0341. The number of pyridine rings is 1. The molecule has 3 atom stereocenters. The van der Waals surface area contributed by atoms with E-state index < -0.39 is 35.4 Å². The monoisotopic (exact) mass is 584 g/mol. The molecule has 220 valence electrons. The zero-order chi connectivity index (χ0) is 28.8. The molecule has 5 heterocycles. The Morgan fingerprint density at radius 1 is 1.23 bits per heavy atom. The molecule has 3 aliphatic heterocycles. The number of halogens is 4. The first-order chi connectivity index (χ1) is 18.9. The largest absolute Gasteiger partial charge is 0.461 e. The summed E-state index contributed by atoms with van der Waals surface area (Å²) in [5.74, 6) is 0.379. The van der Waals surface area contributed by atoms with Crippen LogP contribution < -0.4 is 9.64 Å². The highest BCUT2D eigenvalue weighted by molar-refractivity contribution is 6.31. The smallest absolute Gasteiger partial charge is 0.410 e. The highest BCUT2D eigenvalue weighted by atomic mass is 35.5. The van der Waals surface area contributed by atoms with Crippen LogP contribution in [0.3, 0.4) is 0 Å². The third-order valence-corrected chi connectivity index (χ3v) is 8.32. The summed E-state index contributed by atoms with van der Waals surface area (Å²) in [6.45, 7) is 9.89. The summed E-state index contributed by atoms with van der Waals surface area (Å²) < 4.78 is 54.3. The molecule has 9 nitrogen and oxygen atoms in total. The van der Waals surface area contributed by atoms with E-state index in [4.69, 9.17) is 21.1 Å². The molecule has 0 bridgehead atoms. The maximum absolute atomic E-state index is 14.3. The number of carbonyl (C=O) groups is 1. The van der Waals surface area contributed by atoms with Crippen molar-refractivity contribution in [3.8, 4) is 6.01 Å². The summed E-state index contributed by atoms with van der Waals surface area (Å²) >= 11 is 6.10. The summed E-state index contributed by atoms with van der Waals surface area (Å²) in [5.41, 5.74) is -1.61. The van der Waals surface area contributed by atoms with Crippen molar-refractivity contribution in [1.29, 1.82) is 0 Å². The SMILES string of the molecule is CCC1CN(c2nc(OC[C@@]34CCCN3C[C@H](F)C4)nc3c(C(F)F)c(Cl)ncc23)CCN1C(=O)OC(C)(C)C. The number of anilines is 1. The summed E-state index contributed by atoms with van der Waals surface area (Å²) in [7, 11) is 0. The Labute approximate surface area is 237 Å². The van der Waals surface area contributed by atoms with Crippen LogP contribution in [0.25, 0.3) is 10.9 Å². The molecule has 1 unspecified atom stereocenters. The molecule has 2 aromatic rings. The van der Waals surface area contributed by atoms with E-state index >= 15 is 0 Å². The molecule has 0 aliphatic carbocycles. The van der Waals surface area contributed by atoms with Crippen molar-refractivity contribution in [2.24, 2.45) is 0 Å². The van der Waals surface area contributed by atoms with Gasteiger partial charge in [0.05, 0.1) is 28.0 Å². The maximum atomic E-state index is 14.3. The van der Waals surface area contributed by atoms with Crippen molar-refractivity contribution >= 4 is 34.4 Å². The summed E-state index contributed by atoms with van der Waals surface area (Å²) in [6, 6.07) is -0.267. The van der Waals surface area contributed by atoms with Crippen LogP contribution >= 0.6 is 11.6 Å². The molecule has 1 amide bonds. The van der Waals surface area contributed by atoms with Crippen molar-refractivity contribution in [2.45, 2.75) is 83.2 Å². The molecule has 2 aromatic heterocycles. The lowest BCUT2D eigenvalue weighted by atomic mass is 9.95. The van der Waals surface area contributed by atoms with E-state index in [1.165, 1.54) is 6.20 Å². The fourth-order valence-corrected chi connectivity index (χ4v) is 6.38. The van der Waals surface area contributed by atoms with Gasteiger partial charge in [0.15, 0.2) is 0 Å². The second kappa shape index (κ2) is 11.0. The molecule has 3 saturated heterocycles. The van der Waals surface area contributed by atoms with Gasteiger partial charge < -0.3 is 19.3 Å². The number of carbonyl (C=O) groups excluding carboxylic acids is 1. The molecule has 13 heteroatoms. The Morgan fingerprint density at radius 3 is 2.70 bits per heavy atom. The van der Waals surface area contributed by atoms with E-state index in [9.17, 15) is 18.0 Å². The summed E-state index contributed by atoms with van der Waals surface area (Å²) in [6.07, 6.45) is -0.114. The van der Waals surface area contributed by atoms with Crippen LogP contribution in [0.4, 0.5) is 23.8 Å². The van der Waals surface area contributed by atoms with Crippen LogP contribution in [0.15, 0.2) is 6.20 Å². The third-order valence-electron chi connectivity index (χ3n) is 8.02. The number of piperazine rings is 1. The lowest BCUT2D eigenvalue weighted by molar-refractivity contribution is 0.0136. The van der Waals surface area contributed by atoms with E-state index in [-0.39, 0.29) is 29.3 Å². The van der Waals surface area contributed by atoms with Gasteiger partial charge in [-0.3, -0.25) is 4.90 Å². The number of aromatic nitrogens is 3. The van der Waals surface area contributed by atoms with E-state index in [0.717, 1.165) is 19.4 Å². The van der Waals surface area contributed by atoms with E-state index in [1.807, 2.05) is 32.6 Å². The van der Waals surface area contributed by atoms with Gasteiger partial charge in [-0.2, -0.15) is 9.97 Å². The van der Waals surface area contributed by atoms with Crippen LogP contribution in [-0.4, -0.2) is 93.5 Å². The van der Waals surface area contributed by atoms with Gasteiger partial charge >= 0.3 is 12.1 Å². The average molecular weight is 585 g/mol. The number of hydrogen-bond acceptors (Lipinski definition) is 8. The van der Waals surface area contributed by atoms with E-state index in [1.54, 1.807) is 4.90 Å². The standard InChI is InChI=1S/C27H36ClF3N6O3/c1-5-17-14-35(9-10-37(17)25(38)40-26(2,3)4)23-18-12-32-21(28)19(22(30)31)20(18)33-24(34-23)39-15-27-7-6-8-36(27)13-16(29)11-27/h12,16-17,22H,5-11,13-15H2,1-4H3/t16-,17?,27+/m1/s1. The number of nitrogens with zero attached hydrogens (tertiary/aromatic N) is 6. The number of rotatable bonds is 6. The molecule has 3 fully saturated rings. The Hall–Kier alpha value is -2.60. The first kappa shape index (κ1) is 28.9. The third kappa shape index (κ3) is 5.61. The Kier molecular flexibility index (Phi) is 7.95. The summed E-state index contributed by atoms with van der Waals surface area (Å²) in [5, 5.41) is -0.0196. The Morgan fingerprint density at radius 2 is 2.00 bits per heavy atom. The molecular weight excluding hydrogens is 549 g/mol. The molecule has 0 N–H and O–H groups in total. The second-order valence-electron chi connectivity index (χ2n) is 11.9. The first-order valence-corrected chi connectivity index (χ1v) is 14.2. The second-order valence-corrected chi connectivity index (χ2v) is 12.3. The fraction of sp³-hybridized carbons (Fsp3) is 0.704. The highest BCUT2D eigenvalue weighted by Crippen LogP contribution is 2.41. The molecule has 0 radical (unpaired) electrons. The lowest BCUT2D eigenvalue weighted by Crippen LogP contribution is -2.56. The van der Waals surface area contributed by atoms with Crippen LogP contribution in [0.1, 0.15) is 65.4 Å². The number of ether oxygens (including phenoxy) is 2. The number of fused-ring (bicyclic) bond motifs is 2. The quantitative estimate of drug-likeness (QED) is 0.417. The fourth-order valence-electron chi connectivity index (χ4n) is 6.15. The van der Waals surface area contributed by atoms with Crippen molar-refractivity contribution in [1.82, 2.24) is 24.8 Å². The molecular formula is C27H36ClF3N6O3. The average Bonchev–Trinajstić information content (AvgIpc) is 3.40. The van der Waals surface area contributed by atoms with Gasteiger partial charge in [-0.15, -0.1) is 0 Å². The highest BCUT2D eigenvalue weighted by Gasteiger charge is 2.49. The topological polar surface area (TPSA) is 83.9 Å². The van der Waals surface area contributed by atoms with Gasteiger partial charge in [0, 0.05) is 38.8 Å². The van der Waals surface area contributed by atoms with Crippen LogP contribution in [-0.2, 0) is 4.74 Å². The molecule has 3 aliphatic rings. The predicted molar refractivity (Wildman–Crippen MR) is 145 cm³/mol. The normalized spacial score (nSPS) is 25.6. The molecule has 40 heavy (non-hydrogen) atoms. The maximum Gasteiger partial charge on any atom is 0.410 e. The van der Waals surface area contributed by atoms with E-state index in [0.29, 0.717) is 50.2 Å². The van der Waals surface area contributed by atoms with Gasteiger partial charge in [-0.25, -0.2) is 22.9 Å².